The number of rotatable bonds is 5. The molecule has 1 N–H and O–H groups in total. The van der Waals surface area contributed by atoms with Gasteiger partial charge in [-0.15, -0.1) is 0 Å². The van der Waals surface area contributed by atoms with E-state index in [0.717, 1.165) is 0 Å². The second-order valence-corrected chi connectivity index (χ2v) is 7.39. The lowest BCUT2D eigenvalue weighted by molar-refractivity contribution is 0.00318. The molecule has 0 aliphatic carbocycles. The van der Waals surface area contributed by atoms with E-state index in [-0.39, 0.29) is 17.6 Å². The van der Waals surface area contributed by atoms with Gasteiger partial charge in [0.05, 0.1) is 19.3 Å². The zero-order chi connectivity index (χ0) is 14.6. The largest absolute Gasteiger partial charge is 0.394 e. The Morgan fingerprint density at radius 2 is 2.10 bits per heavy atom. The Hall–Kier alpha value is -0.540. The van der Waals surface area contributed by atoms with Gasteiger partial charge in [0.2, 0.25) is 10.0 Å². The summed E-state index contributed by atoms with van der Waals surface area (Å²) in [6, 6.07) is 1.55. The van der Waals surface area contributed by atoms with Crippen molar-refractivity contribution in [2.45, 2.75) is 23.8 Å². The number of ether oxygens (including phenoxy) is 1. The highest BCUT2D eigenvalue weighted by Gasteiger charge is 2.29. The Morgan fingerprint density at radius 1 is 1.40 bits per heavy atom. The number of pyridine rings is 1. The molecule has 1 aliphatic rings. The summed E-state index contributed by atoms with van der Waals surface area (Å²) in [7, 11) is -3.49. The summed E-state index contributed by atoms with van der Waals surface area (Å²) in [6.45, 7) is 1.13. The number of aliphatic hydroxyl groups is 1. The van der Waals surface area contributed by atoms with Crippen LogP contribution in [0.4, 0.5) is 0 Å². The van der Waals surface area contributed by atoms with Gasteiger partial charge in [-0.25, -0.2) is 8.42 Å². The molecule has 0 spiro atoms. The van der Waals surface area contributed by atoms with Crippen LogP contribution in [0.2, 0.25) is 0 Å². The molecular weight excluding hydrogens is 348 g/mol. The van der Waals surface area contributed by atoms with Gasteiger partial charge < -0.3 is 9.84 Å². The molecule has 0 radical (unpaired) electrons. The Morgan fingerprint density at radius 3 is 2.70 bits per heavy atom. The van der Waals surface area contributed by atoms with Crippen molar-refractivity contribution in [2.24, 2.45) is 0 Å². The predicted molar refractivity (Wildman–Crippen MR) is 76.8 cm³/mol. The van der Waals surface area contributed by atoms with Crippen LogP contribution in [0.15, 0.2) is 27.8 Å². The molecule has 2 heterocycles. The first kappa shape index (κ1) is 15.8. The van der Waals surface area contributed by atoms with Gasteiger partial charge in [0.25, 0.3) is 0 Å². The number of aromatic nitrogens is 1. The van der Waals surface area contributed by atoms with Gasteiger partial charge in [-0.3, -0.25) is 4.98 Å². The van der Waals surface area contributed by atoms with E-state index in [9.17, 15) is 8.42 Å². The minimum Gasteiger partial charge on any atom is -0.394 e. The molecule has 2 rings (SSSR count). The van der Waals surface area contributed by atoms with E-state index in [2.05, 4.69) is 20.9 Å². The zero-order valence-corrected chi connectivity index (χ0v) is 13.3. The summed E-state index contributed by atoms with van der Waals surface area (Å²) in [5.74, 6) is 0. The molecule has 112 valence electrons. The number of hydrogen-bond donors (Lipinski definition) is 1. The average Bonchev–Trinajstić information content (AvgIpc) is 2.45. The van der Waals surface area contributed by atoms with Crippen LogP contribution in [0.3, 0.4) is 0 Å². The molecule has 20 heavy (non-hydrogen) atoms. The van der Waals surface area contributed by atoms with E-state index in [4.69, 9.17) is 9.84 Å². The molecule has 0 aromatic carbocycles. The summed E-state index contributed by atoms with van der Waals surface area (Å²) < 4.78 is 32.4. The summed E-state index contributed by atoms with van der Waals surface area (Å²) in [6.07, 6.45) is 4.21. The Labute approximate surface area is 126 Å². The molecule has 0 saturated carbocycles. The van der Waals surface area contributed by atoms with Crippen LogP contribution >= 0.6 is 15.9 Å². The Kier molecular flexibility index (Phi) is 5.50. The highest BCUT2D eigenvalue weighted by molar-refractivity contribution is 9.10. The van der Waals surface area contributed by atoms with Gasteiger partial charge in [-0.1, -0.05) is 0 Å². The van der Waals surface area contributed by atoms with Crippen LogP contribution in [0, 0.1) is 0 Å². The molecular formula is C12H17BrN2O4S. The van der Waals surface area contributed by atoms with Gasteiger partial charge in [-0.2, -0.15) is 4.31 Å². The maximum Gasteiger partial charge on any atom is 0.244 e. The second kappa shape index (κ2) is 6.95. The van der Waals surface area contributed by atoms with Crippen molar-refractivity contribution in [3.05, 3.63) is 22.9 Å². The van der Waals surface area contributed by atoms with Crippen LogP contribution in [0.5, 0.6) is 0 Å². The van der Waals surface area contributed by atoms with Crippen LogP contribution < -0.4 is 0 Å². The number of hydrogen-bond acceptors (Lipinski definition) is 5. The highest BCUT2D eigenvalue weighted by Crippen LogP contribution is 2.23. The lowest BCUT2D eigenvalue weighted by atomic mass is 10.1. The van der Waals surface area contributed by atoms with Crippen LogP contribution in [-0.4, -0.2) is 55.2 Å². The van der Waals surface area contributed by atoms with Crippen molar-refractivity contribution in [2.75, 3.05) is 26.3 Å². The fraction of sp³-hybridized carbons (Fsp3) is 0.583. The maximum atomic E-state index is 12.4. The Bertz CT molecular complexity index is 544. The third-order valence-corrected chi connectivity index (χ3v) is 5.46. The monoisotopic (exact) mass is 364 g/mol. The van der Waals surface area contributed by atoms with E-state index >= 15 is 0 Å². The molecule has 6 nitrogen and oxygen atoms in total. The first-order valence-electron chi connectivity index (χ1n) is 6.37. The van der Waals surface area contributed by atoms with Crippen molar-refractivity contribution in [3.63, 3.8) is 0 Å². The molecule has 1 aromatic heterocycles. The van der Waals surface area contributed by atoms with Gasteiger partial charge in [0.15, 0.2) is 0 Å². The summed E-state index contributed by atoms with van der Waals surface area (Å²) >= 11 is 3.23. The summed E-state index contributed by atoms with van der Waals surface area (Å²) in [5, 5.41) is 8.71. The van der Waals surface area contributed by atoms with Crippen molar-refractivity contribution >= 4 is 26.0 Å². The van der Waals surface area contributed by atoms with Crippen LogP contribution in [0.25, 0.3) is 0 Å². The Balaban J connectivity index is 2.02. The number of aliphatic hydroxyl groups excluding tert-OH is 1. The number of sulfonamides is 1. The number of halogens is 1. The van der Waals surface area contributed by atoms with Crippen molar-refractivity contribution < 1.29 is 18.3 Å². The molecule has 0 amide bonds. The summed E-state index contributed by atoms with van der Waals surface area (Å²) in [4.78, 5) is 4.09. The van der Waals surface area contributed by atoms with Gasteiger partial charge in [0, 0.05) is 30.0 Å². The van der Waals surface area contributed by atoms with Crippen molar-refractivity contribution in [1.29, 1.82) is 0 Å². The molecule has 0 bridgehead atoms. The third-order valence-electron chi connectivity index (χ3n) is 3.16. The van der Waals surface area contributed by atoms with E-state index in [1.807, 2.05) is 0 Å². The fourth-order valence-electron chi connectivity index (χ4n) is 2.14. The molecule has 1 fully saturated rings. The highest BCUT2D eigenvalue weighted by atomic mass is 79.9. The summed E-state index contributed by atoms with van der Waals surface area (Å²) in [5.41, 5.74) is 0. The van der Waals surface area contributed by atoms with Crippen LogP contribution in [-0.2, 0) is 14.8 Å². The van der Waals surface area contributed by atoms with Gasteiger partial charge >= 0.3 is 0 Å². The molecule has 1 aromatic rings. The van der Waals surface area contributed by atoms with Gasteiger partial charge in [-0.05, 0) is 34.8 Å². The first-order chi connectivity index (χ1) is 9.54. The minimum absolute atomic E-state index is 0.0117. The molecule has 1 aliphatic heterocycles. The third kappa shape index (κ3) is 3.76. The van der Waals surface area contributed by atoms with Crippen molar-refractivity contribution in [3.8, 4) is 0 Å². The number of nitrogens with zero attached hydrogens (tertiary/aromatic N) is 2. The quantitative estimate of drug-likeness (QED) is 0.843. The minimum atomic E-state index is -3.49. The SMILES string of the molecule is O=S(=O)(c1cncc(Br)c1)N1CCC(OCCO)CC1. The van der Waals surface area contributed by atoms with E-state index < -0.39 is 10.0 Å². The zero-order valence-electron chi connectivity index (χ0n) is 10.9. The van der Waals surface area contributed by atoms with E-state index in [0.29, 0.717) is 37.0 Å². The van der Waals surface area contributed by atoms with Gasteiger partial charge in [0.1, 0.15) is 4.90 Å². The lowest BCUT2D eigenvalue weighted by Gasteiger charge is -2.31. The molecule has 1 saturated heterocycles. The van der Waals surface area contributed by atoms with Crippen LogP contribution in [0.1, 0.15) is 12.8 Å². The average molecular weight is 365 g/mol. The van der Waals surface area contributed by atoms with E-state index in [1.165, 1.54) is 10.5 Å². The normalized spacial score (nSPS) is 18.3. The lowest BCUT2D eigenvalue weighted by Crippen LogP contribution is -2.41. The van der Waals surface area contributed by atoms with E-state index in [1.54, 1.807) is 12.3 Å². The molecule has 0 unspecified atom stereocenters. The number of piperidine rings is 1. The first-order valence-corrected chi connectivity index (χ1v) is 8.60. The fourth-order valence-corrected chi connectivity index (χ4v) is 4.12. The smallest absolute Gasteiger partial charge is 0.244 e. The maximum absolute atomic E-state index is 12.4. The standard InChI is InChI=1S/C12H17BrN2O4S/c13-10-7-12(9-14-8-10)20(17,18)15-3-1-11(2-4-15)19-6-5-16/h7-9,11,16H,1-6H2. The molecule has 0 atom stereocenters. The molecule has 8 heteroatoms. The topological polar surface area (TPSA) is 79.7 Å². The second-order valence-electron chi connectivity index (χ2n) is 4.54. The predicted octanol–water partition coefficient (Wildman–Crippen LogP) is 1.01. The van der Waals surface area contributed by atoms with Crippen molar-refractivity contribution in [1.82, 2.24) is 9.29 Å².